The Morgan fingerprint density at radius 2 is 1.76 bits per heavy atom. The summed E-state index contributed by atoms with van der Waals surface area (Å²) in [6, 6.07) is 6.93. The Hall–Kier alpha value is -2.71. The van der Waals surface area contributed by atoms with E-state index in [1.165, 1.54) is 35.0 Å². The van der Waals surface area contributed by atoms with Gasteiger partial charge in [-0.3, -0.25) is 0 Å². The van der Waals surface area contributed by atoms with Crippen LogP contribution >= 0.6 is 0 Å². The Morgan fingerprint density at radius 3 is 2.36 bits per heavy atom. The number of aromatic nitrogens is 3. The fourth-order valence-corrected chi connectivity index (χ4v) is 2.53. The number of hydrogen-bond acceptors (Lipinski definition) is 3. The number of rotatable bonds is 3. The van der Waals surface area contributed by atoms with E-state index in [1.807, 2.05) is 0 Å². The van der Waals surface area contributed by atoms with Crippen molar-refractivity contribution in [2.45, 2.75) is 26.1 Å². The molecule has 0 atom stereocenters. The third-order valence-corrected chi connectivity index (χ3v) is 3.58. The van der Waals surface area contributed by atoms with Crippen LogP contribution in [0.2, 0.25) is 0 Å². The second-order valence-corrected chi connectivity index (χ2v) is 5.60. The van der Waals surface area contributed by atoms with Crippen molar-refractivity contribution in [1.82, 2.24) is 14.8 Å². The summed E-state index contributed by atoms with van der Waals surface area (Å²) in [6.07, 6.45) is -3.32. The molecular formula is C16H12F5N3O. The minimum atomic E-state index is -4.78. The summed E-state index contributed by atoms with van der Waals surface area (Å²) in [5, 5.41) is 7.13. The van der Waals surface area contributed by atoms with Crippen LogP contribution in [0.3, 0.4) is 0 Å². The summed E-state index contributed by atoms with van der Waals surface area (Å²) in [5.74, 6) is -3.51. The second kappa shape index (κ2) is 5.68. The number of aryl methyl sites for hydroxylation is 1. The Labute approximate surface area is 138 Å². The molecule has 0 fully saturated rings. The Bertz CT molecular complexity index is 928. The first-order valence-corrected chi connectivity index (χ1v) is 7.15. The molecule has 25 heavy (non-hydrogen) atoms. The lowest BCUT2D eigenvalue weighted by atomic mass is 10.0. The lowest BCUT2D eigenvalue weighted by Crippen LogP contribution is -2.17. The molecule has 3 aromatic rings. The quantitative estimate of drug-likeness (QED) is 0.637. The third-order valence-electron chi connectivity index (χ3n) is 3.58. The zero-order chi connectivity index (χ0) is 18.4. The molecule has 2 heterocycles. The van der Waals surface area contributed by atoms with Gasteiger partial charge in [0.05, 0.1) is 5.52 Å². The maximum absolute atomic E-state index is 13.6. The van der Waals surface area contributed by atoms with Gasteiger partial charge in [0.25, 0.3) is 5.92 Å². The number of halogens is 5. The van der Waals surface area contributed by atoms with Crippen LogP contribution in [0.1, 0.15) is 18.2 Å². The molecule has 0 aliphatic rings. The molecule has 3 rings (SSSR count). The number of benzene rings is 1. The van der Waals surface area contributed by atoms with Gasteiger partial charge in [-0.25, -0.2) is 4.52 Å². The van der Waals surface area contributed by atoms with Gasteiger partial charge in [0.15, 0.2) is 5.69 Å². The molecule has 0 saturated carbocycles. The molecule has 0 amide bonds. The van der Waals surface area contributed by atoms with Crippen LogP contribution in [-0.2, 0) is 5.92 Å². The van der Waals surface area contributed by atoms with E-state index in [-0.39, 0.29) is 11.3 Å². The SMILES string of the molecule is Cc1cc(OC(F)(F)F)ccc1-c1ccn2nnc(C(C)(F)F)c2c1. The van der Waals surface area contributed by atoms with Crippen molar-refractivity contribution >= 4 is 5.52 Å². The molecule has 0 spiro atoms. The van der Waals surface area contributed by atoms with E-state index in [0.29, 0.717) is 16.7 Å². The normalized spacial score (nSPS) is 12.6. The second-order valence-electron chi connectivity index (χ2n) is 5.60. The van der Waals surface area contributed by atoms with Crippen LogP contribution < -0.4 is 4.74 Å². The Morgan fingerprint density at radius 1 is 1.04 bits per heavy atom. The van der Waals surface area contributed by atoms with Gasteiger partial charge in [0.1, 0.15) is 5.75 Å². The van der Waals surface area contributed by atoms with Crippen molar-refractivity contribution < 1.29 is 26.7 Å². The molecule has 0 bridgehead atoms. The Kier molecular flexibility index (Phi) is 3.89. The maximum Gasteiger partial charge on any atom is 0.573 e. The fraction of sp³-hybridized carbons (Fsp3) is 0.250. The molecular weight excluding hydrogens is 345 g/mol. The van der Waals surface area contributed by atoms with Crippen molar-refractivity contribution in [3.05, 3.63) is 47.8 Å². The van der Waals surface area contributed by atoms with Gasteiger partial charge >= 0.3 is 6.36 Å². The highest BCUT2D eigenvalue weighted by Gasteiger charge is 2.32. The minimum absolute atomic E-state index is 0.125. The standard InChI is InChI=1S/C16H12F5N3O/c1-9-7-11(25-16(19,20)21)3-4-12(9)10-5-6-24-13(8-10)14(22-23-24)15(2,17)18/h3-8H,1-2H3. The first-order valence-electron chi connectivity index (χ1n) is 7.15. The number of fused-ring (bicyclic) bond motifs is 1. The number of pyridine rings is 1. The molecule has 2 aromatic heterocycles. The van der Waals surface area contributed by atoms with Crippen molar-refractivity contribution in [3.63, 3.8) is 0 Å². The summed E-state index contributed by atoms with van der Waals surface area (Å²) in [4.78, 5) is 0. The lowest BCUT2D eigenvalue weighted by Gasteiger charge is -2.12. The predicted molar refractivity (Wildman–Crippen MR) is 79.4 cm³/mol. The van der Waals surface area contributed by atoms with E-state index in [0.717, 1.165) is 6.92 Å². The Balaban J connectivity index is 2.04. The van der Waals surface area contributed by atoms with Crippen LogP contribution in [0.4, 0.5) is 22.0 Å². The van der Waals surface area contributed by atoms with E-state index in [2.05, 4.69) is 15.0 Å². The average molecular weight is 357 g/mol. The van der Waals surface area contributed by atoms with Gasteiger partial charge in [-0.1, -0.05) is 11.3 Å². The van der Waals surface area contributed by atoms with Crippen LogP contribution in [0.5, 0.6) is 5.75 Å². The maximum atomic E-state index is 13.6. The van der Waals surface area contributed by atoms with E-state index >= 15 is 0 Å². The molecule has 132 valence electrons. The largest absolute Gasteiger partial charge is 0.573 e. The smallest absolute Gasteiger partial charge is 0.406 e. The van der Waals surface area contributed by atoms with Gasteiger partial charge in [0, 0.05) is 13.1 Å². The average Bonchev–Trinajstić information content (AvgIpc) is 2.88. The van der Waals surface area contributed by atoms with Crippen LogP contribution in [-0.4, -0.2) is 21.2 Å². The van der Waals surface area contributed by atoms with Gasteiger partial charge in [-0.05, 0) is 47.9 Å². The van der Waals surface area contributed by atoms with Gasteiger partial charge in [-0.15, -0.1) is 18.3 Å². The van der Waals surface area contributed by atoms with Crippen molar-refractivity contribution in [2.75, 3.05) is 0 Å². The summed E-state index contributed by atoms with van der Waals surface area (Å²) in [7, 11) is 0. The number of ether oxygens (including phenoxy) is 1. The number of nitrogens with zero attached hydrogens (tertiary/aromatic N) is 3. The molecule has 1 aromatic carbocycles. The zero-order valence-electron chi connectivity index (χ0n) is 13.1. The first kappa shape index (κ1) is 17.1. The predicted octanol–water partition coefficient (Wildman–Crippen LogP) is 4.72. The summed E-state index contributed by atoms with van der Waals surface area (Å²) >= 11 is 0. The first-order chi connectivity index (χ1) is 11.5. The number of hydrogen-bond donors (Lipinski definition) is 0. The summed E-state index contributed by atoms with van der Waals surface area (Å²) in [5.41, 5.74) is 1.30. The van der Waals surface area contributed by atoms with Gasteiger partial charge < -0.3 is 4.74 Å². The summed E-state index contributed by atoms with van der Waals surface area (Å²) in [6.45, 7) is 2.32. The molecule has 0 aliphatic heterocycles. The van der Waals surface area contributed by atoms with Gasteiger partial charge in [0.2, 0.25) is 0 Å². The van der Waals surface area contributed by atoms with Crippen molar-refractivity contribution in [2.24, 2.45) is 0 Å². The molecule has 9 heteroatoms. The highest BCUT2D eigenvalue weighted by molar-refractivity contribution is 5.73. The highest BCUT2D eigenvalue weighted by atomic mass is 19.4. The van der Waals surface area contributed by atoms with E-state index in [9.17, 15) is 22.0 Å². The molecule has 0 saturated heterocycles. The summed E-state index contributed by atoms with van der Waals surface area (Å²) < 4.78 is 69.1. The molecule has 0 N–H and O–H groups in total. The van der Waals surface area contributed by atoms with Crippen LogP contribution in [0.25, 0.3) is 16.6 Å². The van der Waals surface area contributed by atoms with Crippen molar-refractivity contribution in [1.29, 1.82) is 0 Å². The monoisotopic (exact) mass is 357 g/mol. The third kappa shape index (κ3) is 3.54. The van der Waals surface area contributed by atoms with Crippen molar-refractivity contribution in [3.8, 4) is 16.9 Å². The topological polar surface area (TPSA) is 39.4 Å². The van der Waals surface area contributed by atoms with Crippen LogP contribution in [0, 0.1) is 6.92 Å². The highest BCUT2D eigenvalue weighted by Crippen LogP contribution is 2.33. The molecule has 0 unspecified atom stereocenters. The van der Waals surface area contributed by atoms with E-state index in [1.54, 1.807) is 13.0 Å². The lowest BCUT2D eigenvalue weighted by molar-refractivity contribution is -0.274. The molecule has 0 radical (unpaired) electrons. The molecule has 4 nitrogen and oxygen atoms in total. The zero-order valence-corrected chi connectivity index (χ0v) is 13.1. The van der Waals surface area contributed by atoms with Crippen LogP contribution in [0.15, 0.2) is 36.5 Å². The van der Waals surface area contributed by atoms with E-state index < -0.39 is 18.0 Å². The van der Waals surface area contributed by atoms with Gasteiger partial charge in [-0.2, -0.15) is 8.78 Å². The molecule has 0 aliphatic carbocycles. The fourth-order valence-electron chi connectivity index (χ4n) is 2.53. The number of alkyl halides is 5. The van der Waals surface area contributed by atoms with E-state index in [4.69, 9.17) is 0 Å². The minimum Gasteiger partial charge on any atom is -0.406 e.